The zero-order chi connectivity index (χ0) is 12.5. The predicted octanol–water partition coefficient (Wildman–Crippen LogP) is 3.00. The summed E-state index contributed by atoms with van der Waals surface area (Å²) >= 11 is 0. The van der Waals surface area contributed by atoms with E-state index in [9.17, 15) is 0 Å². The highest BCUT2D eigenvalue weighted by molar-refractivity contribution is 6.01. The van der Waals surface area contributed by atoms with E-state index in [0.717, 1.165) is 12.0 Å². The van der Waals surface area contributed by atoms with Gasteiger partial charge in [-0.05, 0) is 30.0 Å². The fourth-order valence-electron chi connectivity index (χ4n) is 2.62. The number of nitrogens with zero attached hydrogens (tertiary/aromatic N) is 1. The van der Waals surface area contributed by atoms with Gasteiger partial charge in [0.15, 0.2) is 0 Å². The number of hydrogen-bond donors (Lipinski definition) is 1. The Morgan fingerprint density at radius 1 is 1.06 bits per heavy atom. The number of aryl methyl sites for hydroxylation is 1. The van der Waals surface area contributed by atoms with Crippen LogP contribution < -0.4 is 5.73 Å². The van der Waals surface area contributed by atoms with Crippen LogP contribution in [0.4, 0.5) is 0 Å². The van der Waals surface area contributed by atoms with Crippen molar-refractivity contribution in [1.29, 1.82) is 0 Å². The molecular formula is C16H16N2. The molecule has 0 radical (unpaired) electrons. The van der Waals surface area contributed by atoms with Crippen LogP contribution in [-0.4, -0.2) is 5.84 Å². The van der Waals surface area contributed by atoms with Gasteiger partial charge in [-0.25, -0.2) is 0 Å². The van der Waals surface area contributed by atoms with E-state index in [2.05, 4.69) is 42.2 Å². The molecule has 0 amide bonds. The number of fused-ring (bicyclic) bond motifs is 1. The van der Waals surface area contributed by atoms with Crippen molar-refractivity contribution in [2.24, 2.45) is 10.7 Å². The summed E-state index contributed by atoms with van der Waals surface area (Å²) in [7, 11) is 0. The number of hydrogen-bond acceptors (Lipinski definition) is 2. The van der Waals surface area contributed by atoms with Gasteiger partial charge in [0.25, 0.3) is 0 Å². The molecule has 18 heavy (non-hydrogen) atoms. The van der Waals surface area contributed by atoms with Crippen molar-refractivity contribution in [3.63, 3.8) is 0 Å². The molecule has 0 aromatic heterocycles. The largest absolute Gasteiger partial charge is 0.383 e. The third-order valence-corrected chi connectivity index (χ3v) is 3.51. The Morgan fingerprint density at radius 2 is 1.83 bits per heavy atom. The highest BCUT2D eigenvalue weighted by Crippen LogP contribution is 2.29. The Hall–Kier alpha value is -2.09. The van der Waals surface area contributed by atoms with Crippen LogP contribution in [0.2, 0.25) is 0 Å². The van der Waals surface area contributed by atoms with Gasteiger partial charge in [-0.1, -0.05) is 48.5 Å². The number of rotatable bonds is 1. The summed E-state index contributed by atoms with van der Waals surface area (Å²) in [5, 5.41) is 0. The van der Waals surface area contributed by atoms with E-state index in [-0.39, 0.29) is 6.04 Å². The van der Waals surface area contributed by atoms with Gasteiger partial charge in [0, 0.05) is 5.56 Å². The second-order valence-corrected chi connectivity index (χ2v) is 4.75. The Labute approximate surface area is 107 Å². The van der Waals surface area contributed by atoms with E-state index in [4.69, 9.17) is 5.73 Å². The summed E-state index contributed by atoms with van der Waals surface area (Å²) in [4.78, 5) is 4.65. The van der Waals surface area contributed by atoms with E-state index < -0.39 is 0 Å². The van der Waals surface area contributed by atoms with Crippen LogP contribution >= 0.6 is 0 Å². The molecular weight excluding hydrogens is 220 g/mol. The van der Waals surface area contributed by atoms with Crippen LogP contribution in [0.3, 0.4) is 0 Å². The van der Waals surface area contributed by atoms with Crippen LogP contribution in [0.25, 0.3) is 0 Å². The van der Waals surface area contributed by atoms with Gasteiger partial charge in [-0.2, -0.15) is 0 Å². The number of amidine groups is 1. The van der Waals surface area contributed by atoms with Gasteiger partial charge >= 0.3 is 0 Å². The molecule has 0 aliphatic carbocycles. The van der Waals surface area contributed by atoms with Crippen LogP contribution in [0, 0.1) is 6.92 Å². The first-order chi connectivity index (χ1) is 8.75. The zero-order valence-electron chi connectivity index (χ0n) is 10.4. The quantitative estimate of drug-likeness (QED) is 0.812. The van der Waals surface area contributed by atoms with Gasteiger partial charge in [0.05, 0.1) is 6.04 Å². The van der Waals surface area contributed by atoms with Gasteiger partial charge in [0.2, 0.25) is 0 Å². The molecule has 1 heterocycles. The SMILES string of the molecule is Cc1cccc2c1C(N)=NC(c1ccccc1)C2. The third-order valence-electron chi connectivity index (χ3n) is 3.51. The van der Waals surface area contributed by atoms with Crippen molar-refractivity contribution in [1.82, 2.24) is 0 Å². The Morgan fingerprint density at radius 3 is 2.61 bits per heavy atom. The lowest BCUT2D eigenvalue weighted by Crippen LogP contribution is -2.24. The standard InChI is InChI=1S/C16H16N2/c1-11-6-5-9-13-10-14(18-16(17)15(11)13)12-7-3-2-4-8-12/h2-9,14H,10H2,1H3,(H2,17,18). The minimum absolute atomic E-state index is 0.153. The predicted molar refractivity (Wildman–Crippen MR) is 74.8 cm³/mol. The minimum atomic E-state index is 0.153. The van der Waals surface area contributed by atoms with Crippen molar-refractivity contribution in [2.75, 3.05) is 0 Å². The number of aliphatic imine (C=N–C) groups is 1. The maximum absolute atomic E-state index is 6.12. The minimum Gasteiger partial charge on any atom is -0.383 e. The first-order valence-electron chi connectivity index (χ1n) is 6.23. The van der Waals surface area contributed by atoms with Crippen molar-refractivity contribution in [2.45, 2.75) is 19.4 Å². The van der Waals surface area contributed by atoms with Gasteiger partial charge in [-0.3, -0.25) is 4.99 Å². The molecule has 1 atom stereocenters. The second-order valence-electron chi connectivity index (χ2n) is 4.75. The highest BCUT2D eigenvalue weighted by Gasteiger charge is 2.21. The lowest BCUT2D eigenvalue weighted by Gasteiger charge is -2.23. The lowest BCUT2D eigenvalue weighted by molar-refractivity contribution is 0.709. The molecule has 2 aromatic carbocycles. The van der Waals surface area contributed by atoms with Crippen molar-refractivity contribution in [3.8, 4) is 0 Å². The molecule has 3 rings (SSSR count). The fraction of sp³-hybridized carbons (Fsp3) is 0.188. The molecule has 0 spiro atoms. The van der Waals surface area contributed by atoms with Gasteiger partial charge < -0.3 is 5.73 Å². The van der Waals surface area contributed by atoms with E-state index in [1.807, 2.05) is 18.2 Å². The van der Waals surface area contributed by atoms with Crippen LogP contribution in [0.15, 0.2) is 53.5 Å². The van der Waals surface area contributed by atoms with E-state index in [0.29, 0.717) is 5.84 Å². The lowest BCUT2D eigenvalue weighted by atomic mass is 9.90. The molecule has 0 bridgehead atoms. The highest BCUT2D eigenvalue weighted by atomic mass is 14.9. The normalized spacial score (nSPS) is 18.1. The van der Waals surface area contributed by atoms with Crippen molar-refractivity contribution in [3.05, 3.63) is 70.8 Å². The summed E-state index contributed by atoms with van der Waals surface area (Å²) in [6, 6.07) is 16.8. The molecule has 2 aromatic rings. The number of nitrogens with two attached hydrogens (primary N) is 1. The zero-order valence-corrected chi connectivity index (χ0v) is 10.4. The molecule has 0 saturated heterocycles. The van der Waals surface area contributed by atoms with Crippen molar-refractivity contribution < 1.29 is 0 Å². The smallest absolute Gasteiger partial charge is 0.126 e. The molecule has 1 aliphatic rings. The summed E-state index contributed by atoms with van der Waals surface area (Å²) < 4.78 is 0. The van der Waals surface area contributed by atoms with E-state index >= 15 is 0 Å². The average molecular weight is 236 g/mol. The monoisotopic (exact) mass is 236 g/mol. The van der Waals surface area contributed by atoms with E-state index in [1.165, 1.54) is 16.7 Å². The first-order valence-corrected chi connectivity index (χ1v) is 6.23. The summed E-state index contributed by atoms with van der Waals surface area (Å²) in [5.74, 6) is 0.670. The van der Waals surface area contributed by atoms with Crippen LogP contribution in [0.5, 0.6) is 0 Å². The third kappa shape index (κ3) is 1.80. The molecule has 0 fully saturated rings. The maximum Gasteiger partial charge on any atom is 0.126 e. The molecule has 0 saturated carbocycles. The van der Waals surface area contributed by atoms with Crippen LogP contribution in [-0.2, 0) is 6.42 Å². The molecule has 2 heteroatoms. The maximum atomic E-state index is 6.12. The summed E-state index contributed by atoms with van der Waals surface area (Å²) in [6.45, 7) is 2.09. The molecule has 2 N–H and O–H groups in total. The van der Waals surface area contributed by atoms with Gasteiger partial charge in [-0.15, -0.1) is 0 Å². The molecule has 1 aliphatic heterocycles. The summed E-state index contributed by atoms with van der Waals surface area (Å²) in [5.41, 5.74) is 11.0. The molecule has 90 valence electrons. The van der Waals surface area contributed by atoms with Crippen molar-refractivity contribution >= 4 is 5.84 Å². The fourth-order valence-corrected chi connectivity index (χ4v) is 2.62. The van der Waals surface area contributed by atoms with E-state index in [1.54, 1.807) is 0 Å². The molecule has 2 nitrogen and oxygen atoms in total. The average Bonchev–Trinajstić information content (AvgIpc) is 2.39. The number of benzene rings is 2. The van der Waals surface area contributed by atoms with Crippen LogP contribution in [0.1, 0.15) is 28.3 Å². The topological polar surface area (TPSA) is 38.4 Å². The Bertz CT molecular complexity index is 600. The Balaban J connectivity index is 2.05. The van der Waals surface area contributed by atoms with Gasteiger partial charge in [0.1, 0.15) is 5.84 Å². The first kappa shape index (κ1) is 11.0. The summed E-state index contributed by atoms with van der Waals surface area (Å²) in [6.07, 6.45) is 0.932. The molecule has 1 unspecified atom stereocenters. The Kier molecular flexibility index (Phi) is 2.63. The second kappa shape index (κ2) is 4.30.